The maximum absolute atomic E-state index is 11.8. The number of rotatable bonds is 6. The Morgan fingerprint density at radius 3 is 2.53 bits per heavy atom. The van der Waals surface area contributed by atoms with Crippen LogP contribution in [0.15, 0.2) is 24.3 Å². The molecule has 0 bridgehead atoms. The lowest BCUT2D eigenvalue weighted by Crippen LogP contribution is -2.03. The molecular formula is C14H17NOS. The first kappa shape index (κ1) is 13.8. The molecule has 0 saturated heterocycles. The summed E-state index contributed by atoms with van der Waals surface area (Å²) >= 11 is 1.52. The molecular weight excluding hydrogens is 230 g/mol. The first-order chi connectivity index (χ1) is 8.15. The number of benzene rings is 1. The summed E-state index contributed by atoms with van der Waals surface area (Å²) < 4.78 is 0. The number of carbonyl (C=O) groups excluding carboxylic acids is 1. The molecule has 17 heavy (non-hydrogen) atoms. The molecule has 1 aromatic carbocycles. The van der Waals surface area contributed by atoms with E-state index in [1.54, 1.807) is 0 Å². The van der Waals surface area contributed by atoms with E-state index in [4.69, 9.17) is 5.26 Å². The molecule has 1 aromatic rings. The van der Waals surface area contributed by atoms with Crippen LogP contribution in [0.25, 0.3) is 0 Å². The third kappa shape index (κ3) is 4.62. The Kier molecular flexibility index (Phi) is 5.79. The summed E-state index contributed by atoms with van der Waals surface area (Å²) in [6.07, 6.45) is 0.504. The zero-order valence-corrected chi connectivity index (χ0v) is 11.1. The molecule has 0 heterocycles. The van der Waals surface area contributed by atoms with Crippen molar-refractivity contribution in [2.45, 2.75) is 26.2 Å². The lowest BCUT2D eigenvalue weighted by molar-refractivity contribution is 0.102. The van der Waals surface area contributed by atoms with Gasteiger partial charge >= 0.3 is 0 Å². The van der Waals surface area contributed by atoms with Crippen LogP contribution in [-0.2, 0) is 0 Å². The zero-order chi connectivity index (χ0) is 12.7. The number of Topliss-reactive ketones (excluding diaryl/α,β-unsaturated/α-hetero) is 1. The van der Waals surface area contributed by atoms with Crippen molar-refractivity contribution in [3.8, 4) is 6.07 Å². The highest BCUT2D eigenvalue weighted by Crippen LogP contribution is 2.16. The number of nitriles is 1. The summed E-state index contributed by atoms with van der Waals surface area (Å²) in [6.45, 7) is 4.27. The number of nitrogens with zero attached hydrogens (tertiary/aromatic N) is 1. The molecule has 0 aliphatic heterocycles. The van der Waals surface area contributed by atoms with Crippen LogP contribution in [0.4, 0.5) is 0 Å². The van der Waals surface area contributed by atoms with Crippen molar-refractivity contribution < 1.29 is 4.79 Å². The van der Waals surface area contributed by atoms with E-state index in [-0.39, 0.29) is 5.78 Å². The number of hydrogen-bond acceptors (Lipinski definition) is 3. The Labute approximate surface area is 107 Å². The Balaban J connectivity index is 2.49. The third-order valence-corrected chi connectivity index (χ3v) is 3.45. The minimum atomic E-state index is 0.142. The number of ketones is 1. The molecule has 1 rings (SSSR count). The van der Waals surface area contributed by atoms with Crippen LogP contribution in [0, 0.1) is 11.3 Å². The monoisotopic (exact) mass is 247 g/mol. The van der Waals surface area contributed by atoms with Crippen molar-refractivity contribution in [1.29, 1.82) is 5.26 Å². The van der Waals surface area contributed by atoms with E-state index in [1.807, 2.05) is 24.3 Å². The number of thioether (sulfide) groups is 1. The summed E-state index contributed by atoms with van der Waals surface area (Å²) in [7, 11) is 0. The third-order valence-electron chi connectivity index (χ3n) is 2.49. The average molecular weight is 247 g/mol. The van der Waals surface area contributed by atoms with Gasteiger partial charge in [-0.15, -0.1) is 0 Å². The molecule has 0 atom stereocenters. The molecule has 0 saturated carbocycles. The van der Waals surface area contributed by atoms with Gasteiger partial charge in [0, 0.05) is 17.7 Å². The van der Waals surface area contributed by atoms with Crippen LogP contribution in [0.1, 0.15) is 42.1 Å². The molecule has 0 aliphatic rings. The first-order valence-corrected chi connectivity index (χ1v) is 6.88. The van der Waals surface area contributed by atoms with Crippen LogP contribution in [0.5, 0.6) is 0 Å². The van der Waals surface area contributed by atoms with Gasteiger partial charge in [-0.2, -0.15) is 17.0 Å². The van der Waals surface area contributed by atoms with Gasteiger partial charge in [-0.25, -0.2) is 0 Å². The molecule has 0 unspecified atom stereocenters. The van der Waals surface area contributed by atoms with E-state index in [9.17, 15) is 4.79 Å². The Bertz CT molecular complexity index is 403. The summed E-state index contributed by atoms with van der Waals surface area (Å²) in [4.78, 5) is 11.8. The second-order valence-electron chi connectivity index (χ2n) is 4.16. The lowest BCUT2D eigenvalue weighted by Gasteiger charge is -2.06. The molecule has 0 N–H and O–H groups in total. The minimum absolute atomic E-state index is 0.142. The Morgan fingerprint density at radius 1 is 1.35 bits per heavy atom. The molecule has 0 aromatic heterocycles. The van der Waals surface area contributed by atoms with Gasteiger partial charge in [0.2, 0.25) is 0 Å². The van der Waals surface area contributed by atoms with E-state index in [0.29, 0.717) is 18.1 Å². The van der Waals surface area contributed by atoms with Gasteiger partial charge in [0.25, 0.3) is 0 Å². The van der Waals surface area contributed by atoms with Gasteiger partial charge in [0.05, 0.1) is 11.8 Å². The zero-order valence-electron chi connectivity index (χ0n) is 10.3. The lowest BCUT2D eigenvalue weighted by atomic mass is 10.0. The molecule has 2 nitrogen and oxygen atoms in total. The summed E-state index contributed by atoms with van der Waals surface area (Å²) in [5.41, 5.74) is 2.01. The van der Waals surface area contributed by atoms with Gasteiger partial charge < -0.3 is 0 Å². The van der Waals surface area contributed by atoms with Gasteiger partial charge in [-0.1, -0.05) is 38.1 Å². The van der Waals surface area contributed by atoms with Crippen molar-refractivity contribution >= 4 is 17.5 Å². The topological polar surface area (TPSA) is 40.9 Å². The van der Waals surface area contributed by atoms with E-state index in [1.165, 1.54) is 17.3 Å². The van der Waals surface area contributed by atoms with Gasteiger partial charge in [-0.05, 0) is 11.5 Å². The van der Waals surface area contributed by atoms with Gasteiger partial charge in [-0.3, -0.25) is 4.79 Å². The highest BCUT2D eigenvalue weighted by Gasteiger charge is 2.06. The minimum Gasteiger partial charge on any atom is -0.293 e. The largest absolute Gasteiger partial charge is 0.293 e. The molecule has 90 valence electrons. The molecule has 0 aliphatic carbocycles. The summed E-state index contributed by atoms with van der Waals surface area (Å²) in [5.74, 6) is 1.82. The maximum atomic E-state index is 11.8. The fourth-order valence-corrected chi connectivity index (χ4v) is 2.15. The Morgan fingerprint density at radius 2 is 2.00 bits per heavy atom. The van der Waals surface area contributed by atoms with Crippen LogP contribution < -0.4 is 0 Å². The smallest absolute Gasteiger partial charge is 0.172 e. The Hall–Kier alpha value is -1.27. The maximum Gasteiger partial charge on any atom is 0.172 e. The molecule has 3 heteroatoms. The predicted molar refractivity (Wildman–Crippen MR) is 72.4 cm³/mol. The molecule has 0 spiro atoms. The number of hydrogen-bond donors (Lipinski definition) is 0. The average Bonchev–Trinajstić information content (AvgIpc) is 2.34. The standard InChI is InChI=1S/C14H17NOS/c1-11(2)12-4-6-13(7-5-12)14(16)10-17-9-3-8-15/h4-7,11H,3,9-10H2,1-2H3. The van der Waals surface area contributed by atoms with E-state index in [0.717, 1.165) is 11.3 Å². The van der Waals surface area contributed by atoms with Gasteiger partial charge in [0.1, 0.15) is 0 Å². The highest BCUT2D eigenvalue weighted by molar-refractivity contribution is 7.99. The van der Waals surface area contributed by atoms with Crippen molar-refractivity contribution in [1.82, 2.24) is 0 Å². The SMILES string of the molecule is CC(C)c1ccc(C(=O)CSCCC#N)cc1. The molecule has 0 amide bonds. The van der Waals surface area contributed by atoms with Crippen molar-refractivity contribution in [3.05, 3.63) is 35.4 Å². The van der Waals surface area contributed by atoms with Crippen LogP contribution in [0.2, 0.25) is 0 Å². The van der Waals surface area contributed by atoms with Crippen LogP contribution in [0.3, 0.4) is 0 Å². The molecule has 0 fully saturated rings. The van der Waals surface area contributed by atoms with E-state index < -0.39 is 0 Å². The van der Waals surface area contributed by atoms with E-state index in [2.05, 4.69) is 19.9 Å². The molecule has 0 radical (unpaired) electrons. The predicted octanol–water partition coefficient (Wildman–Crippen LogP) is 3.64. The van der Waals surface area contributed by atoms with Crippen molar-refractivity contribution in [2.24, 2.45) is 0 Å². The van der Waals surface area contributed by atoms with Gasteiger partial charge in [0.15, 0.2) is 5.78 Å². The number of carbonyl (C=O) groups is 1. The van der Waals surface area contributed by atoms with Crippen molar-refractivity contribution in [3.63, 3.8) is 0 Å². The van der Waals surface area contributed by atoms with Crippen molar-refractivity contribution in [2.75, 3.05) is 11.5 Å². The summed E-state index contributed by atoms with van der Waals surface area (Å²) in [6, 6.07) is 9.88. The quantitative estimate of drug-likeness (QED) is 0.569. The normalized spacial score (nSPS) is 10.2. The second kappa shape index (κ2) is 7.13. The second-order valence-corrected chi connectivity index (χ2v) is 5.27. The van der Waals surface area contributed by atoms with Crippen LogP contribution in [-0.4, -0.2) is 17.3 Å². The fourth-order valence-electron chi connectivity index (χ4n) is 1.42. The highest BCUT2D eigenvalue weighted by atomic mass is 32.2. The first-order valence-electron chi connectivity index (χ1n) is 5.73. The summed E-state index contributed by atoms with van der Waals surface area (Å²) in [5, 5.41) is 8.38. The van der Waals surface area contributed by atoms with Crippen LogP contribution >= 0.6 is 11.8 Å². The fraction of sp³-hybridized carbons (Fsp3) is 0.429. The van der Waals surface area contributed by atoms with E-state index >= 15 is 0 Å².